The Bertz CT molecular complexity index is 856. The molecule has 2 aromatic rings. The van der Waals surface area contributed by atoms with Gasteiger partial charge < -0.3 is 24.3 Å². The lowest BCUT2D eigenvalue weighted by Crippen LogP contribution is -2.26. The van der Waals surface area contributed by atoms with Gasteiger partial charge in [-0.05, 0) is 85.7 Å². The molecule has 0 amide bonds. The summed E-state index contributed by atoms with van der Waals surface area (Å²) in [4.78, 5) is 0. The summed E-state index contributed by atoms with van der Waals surface area (Å²) >= 11 is 4.09. The molecule has 0 atom stereocenters. The van der Waals surface area contributed by atoms with Crippen LogP contribution in [0.1, 0.15) is 24.0 Å². The third kappa shape index (κ3) is 6.21. The van der Waals surface area contributed by atoms with Crippen molar-refractivity contribution in [2.45, 2.75) is 23.3 Å². The van der Waals surface area contributed by atoms with E-state index in [4.69, 9.17) is 18.9 Å². The summed E-state index contributed by atoms with van der Waals surface area (Å²) in [5.74, 6) is 5.48. The van der Waals surface area contributed by atoms with Crippen molar-refractivity contribution in [2.24, 2.45) is 0 Å². The van der Waals surface area contributed by atoms with Crippen LogP contribution in [0.25, 0.3) is 0 Å². The minimum atomic E-state index is 0.0306. The number of ether oxygens (including phenoxy) is 4. The zero-order valence-electron chi connectivity index (χ0n) is 19.4. The molecule has 1 radical (unpaired) electrons. The van der Waals surface area contributed by atoms with Crippen molar-refractivity contribution < 1.29 is 18.9 Å². The number of rotatable bonds is 12. The van der Waals surface area contributed by atoms with Crippen LogP contribution in [0.15, 0.2) is 36.4 Å². The largest absolute Gasteiger partial charge is 0.493 e. The molecule has 1 heterocycles. The highest BCUT2D eigenvalue weighted by molar-refractivity contribution is 8.18. The van der Waals surface area contributed by atoms with E-state index >= 15 is 0 Å². The van der Waals surface area contributed by atoms with Crippen LogP contribution in [0.4, 0.5) is 0 Å². The Morgan fingerprint density at radius 3 is 2.12 bits per heavy atom. The van der Waals surface area contributed by atoms with E-state index in [0.29, 0.717) is 0 Å². The van der Waals surface area contributed by atoms with Gasteiger partial charge in [-0.3, -0.25) is 0 Å². The lowest BCUT2D eigenvalue weighted by atomic mass is 10.1. The Hall–Kier alpha value is -1.70. The first-order chi connectivity index (χ1) is 15.7. The van der Waals surface area contributed by atoms with Crippen molar-refractivity contribution in [1.29, 1.82) is 0 Å². The second kappa shape index (κ2) is 12.5. The van der Waals surface area contributed by atoms with Gasteiger partial charge in [-0.2, -0.15) is 0 Å². The fourth-order valence-corrected chi connectivity index (χ4v) is 7.10. The van der Waals surface area contributed by atoms with Crippen LogP contribution >= 0.6 is 23.5 Å². The number of nitrogens with one attached hydrogen (secondary N) is 1. The second-order valence-electron chi connectivity index (χ2n) is 7.51. The molecular weight excluding hydrogens is 442 g/mol. The van der Waals surface area contributed by atoms with Gasteiger partial charge in [0.25, 0.3) is 0 Å². The van der Waals surface area contributed by atoms with Crippen molar-refractivity contribution in [3.63, 3.8) is 0 Å². The highest BCUT2D eigenvalue weighted by Crippen LogP contribution is 2.54. The molecule has 32 heavy (non-hydrogen) atoms. The molecule has 1 saturated heterocycles. The lowest BCUT2D eigenvalue weighted by molar-refractivity contribution is 0.354. The number of methoxy groups -OCH3 is 4. The molecular formula is C25H34NO4S2. The fraction of sp³-hybridized carbons (Fsp3) is 0.480. The highest BCUT2D eigenvalue weighted by Gasteiger charge is 2.35. The number of hydrogen-bond acceptors (Lipinski definition) is 7. The molecule has 1 N–H and O–H groups in total. The SMILES string of the molecule is COc1ccc(CCNC[CH]CC2(c3ccc(OC)c(OC)c3)SCCCS2)cc1OC. The van der Waals surface area contributed by atoms with Crippen LogP contribution in [0.3, 0.4) is 0 Å². The average molecular weight is 477 g/mol. The molecule has 1 aliphatic rings. The van der Waals surface area contributed by atoms with E-state index in [9.17, 15) is 0 Å². The van der Waals surface area contributed by atoms with Crippen LogP contribution in [0, 0.1) is 6.42 Å². The maximum atomic E-state index is 5.56. The molecule has 175 valence electrons. The van der Waals surface area contributed by atoms with Gasteiger partial charge in [0.15, 0.2) is 23.0 Å². The Balaban J connectivity index is 1.53. The first-order valence-electron chi connectivity index (χ1n) is 10.9. The summed E-state index contributed by atoms with van der Waals surface area (Å²) in [5, 5.41) is 3.56. The van der Waals surface area contributed by atoms with Gasteiger partial charge in [0.05, 0.1) is 32.5 Å². The van der Waals surface area contributed by atoms with Gasteiger partial charge in [0.1, 0.15) is 0 Å². The molecule has 0 spiro atoms. The number of thioether (sulfide) groups is 2. The van der Waals surface area contributed by atoms with Crippen LogP contribution in [-0.2, 0) is 10.5 Å². The molecule has 0 unspecified atom stereocenters. The highest BCUT2D eigenvalue weighted by atomic mass is 32.2. The molecule has 1 aliphatic heterocycles. The molecule has 0 saturated carbocycles. The van der Waals surface area contributed by atoms with Gasteiger partial charge in [-0.15, -0.1) is 23.5 Å². The number of benzene rings is 2. The summed E-state index contributed by atoms with van der Waals surface area (Å²) < 4.78 is 21.7. The molecule has 2 aromatic carbocycles. The predicted molar refractivity (Wildman–Crippen MR) is 136 cm³/mol. The normalized spacial score (nSPS) is 15.2. The van der Waals surface area contributed by atoms with Crippen molar-refractivity contribution in [3.8, 4) is 23.0 Å². The van der Waals surface area contributed by atoms with Gasteiger partial charge in [-0.25, -0.2) is 0 Å². The van der Waals surface area contributed by atoms with Gasteiger partial charge in [0.2, 0.25) is 0 Å². The standard InChI is InChI=1S/C25H34NO4S2/c1-27-21-9-7-19(17-23(21)29-3)11-14-26-13-5-12-25(31-15-6-16-32-25)20-8-10-22(28-2)24(18-20)30-4/h5,7-10,17-18,26H,6,11-16H2,1-4H3. The Morgan fingerprint density at radius 1 is 0.844 bits per heavy atom. The summed E-state index contributed by atoms with van der Waals surface area (Å²) in [5.41, 5.74) is 2.53. The minimum absolute atomic E-state index is 0.0306. The first kappa shape index (κ1) is 24.9. The van der Waals surface area contributed by atoms with Crippen molar-refractivity contribution >= 4 is 23.5 Å². The van der Waals surface area contributed by atoms with Gasteiger partial charge >= 0.3 is 0 Å². The van der Waals surface area contributed by atoms with Crippen LogP contribution in [-0.4, -0.2) is 53.0 Å². The van der Waals surface area contributed by atoms with E-state index in [1.807, 2.05) is 41.7 Å². The molecule has 5 nitrogen and oxygen atoms in total. The van der Waals surface area contributed by atoms with Crippen LogP contribution < -0.4 is 24.3 Å². The quantitative estimate of drug-likeness (QED) is 0.424. The van der Waals surface area contributed by atoms with Gasteiger partial charge in [-0.1, -0.05) is 12.1 Å². The van der Waals surface area contributed by atoms with Crippen molar-refractivity contribution in [2.75, 3.05) is 53.0 Å². The molecule has 3 rings (SSSR count). The zero-order chi connectivity index (χ0) is 22.8. The summed E-state index contributed by atoms with van der Waals surface area (Å²) in [6.45, 7) is 1.79. The van der Waals surface area contributed by atoms with E-state index in [1.165, 1.54) is 29.1 Å². The van der Waals surface area contributed by atoms with E-state index in [-0.39, 0.29) is 4.08 Å². The predicted octanol–water partition coefficient (Wildman–Crippen LogP) is 5.17. The monoisotopic (exact) mass is 476 g/mol. The van der Waals surface area contributed by atoms with E-state index in [2.05, 4.69) is 29.9 Å². The van der Waals surface area contributed by atoms with Crippen LogP contribution in [0.5, 0.6) is 23.0 Å². The maximum absolute atomic E-state index is 5.56. The molecule has 0 aromatic heterocycles. The molecule has 7 heteroatoms. The average Bonchev–Trinajstić information content (AvgIpc) is 2.86. The Morgan fingerprint density at radius 2 is 1.47 bits per heavy atom. The lowest BCUT2D eigenvalue weighted by Gasteiger charge is -2.37. The van der Waals surface area contributed by atoms with E-state index < -0.39 is 0 Å². The molecule has 0 aliphatic carbocycles. The van der Waals surface area contributed by atoms with E-state index in [0.717, 1.165) is 48.9 Å². The molecule has 0 bridgehead atoms. The van der Waals surface area contributed by atoms with Crippen molar-refractivity contribution in [1.82, 2.24) is 5.32 Å². The second-order valence-corrected chi connectivity index (χ2v) is 10.6. The summed E-state index contributed by atoms with van der Waals surface area (Å²) in [6.07, 6.45) is 5.57. The minimum Gasteiger partial charge on any atom is -0.493 e. The van der Waals surface area contributed by atoms with Crippen LogP contribution in [0.2, 0.25) is 0 Å². The molecule has 1 fully saturated rings. The summed E-state index contributed by atoms with van der Waals surface area (Å²) in [7, 11) is 6.71. The van der Waals surface area contributed by atoms with E-state index in [1.54, 1.807) is 28.4 Å². The first-order valence-corrected chi connectivity index (χ1v) is 12.9. The topological polar surface area (TPSA) is 49.0 Å². The Labute approximate surface area is 200 Å². The third-order valence-electron chi connectivity index (χ3n) is 5.52. The smallest absolute Gasteiger partial charge is 0.161 e. The zero-order valence-corrected chi connectivity index (χ0v) is 21.1. The number of hydrogen-bond donors (Lipinski definition) is 1. The fourth-order valence-electron chi connectivity index (χ4n) is 3.79. The third-order valence-corrected chi connectivity index (χ3v) is 8.95. The summed E-state index contributed by atoms with van der Waals surface area (Å²) in [6, 6.07) is 12.4. The Kier molecular flexibility index (Phi) is 9.75. The maximum Gasteiger partial charge on any atom is 0.161 e. The van der Waals surface area contributed by atoms with Gasteiger partial charge in [0, 0.05) is 0 Å². The van der Waals surface area contributed by atoms with Crippen molar-refractivity contribution in [3.05, 3.63) is 53.9 Å².